The molecule has 0 N–H and O–H groups in total. The lowest BCUT2D eigenvalue weighted by Crippen LogP contribution is -2.16. The van der Waals surface area contributed by atoms with Crippen molar-refractivity contribution in [3.8, 4) is 0 Å². The Bertz CT molecular complexity index is 965. The first-order valence-corrected chi connectivity index (χ1v) is 7.47. The highest BCUT2D eigenvalue weighted by atomic mass is 32.2. The molecular weight excluding hydrogens is 313 g/mol. The Balaban J connectivity index is 2.37. The third-order valence-electron chi connectivity index (χ3n) is 3.34. The summed E-state index contributed by atoms with van der Waals surface area (Å²) in [5, 5.41) is 1.73. The van der Waals surface area contributed by atoms with E-state index < -0.39 is 21.2 Å². The average molecular weight is 322 g/mol. The van der Waals surface area contributed by atoms with Gasteiger partial charge in [0.2, 0.25) is 0 Å². The van der Waals surface area contributed by atoms with Crippen molar-refractivity contribution in [1.29, 1.82) is 0 Å². The third kappa shape index (κ3) is 2.50. The summed E-state index contributed by atoms with van der Waals surface area (Å²) in [6.07, 6.45) is 0. The molecule has 3 aromatic rings. The molecule has 1 atom stereocenters. The lowest BCUT2D eigenvalue weighted by atomic mass is 10.1. The highest BCUT2D eigenvalue weighted by Gasteiger charge is 2.38. The normalized spacial score (nSPS) is 13.4. The van der Waals surface area contributed by atoms with Gasteiger partial charge in [0, 0.05) is 15.7 Å². The molecule has 0 fully saturated rings. The second-order valence-electron chi connectivity index (χ2n) is 4.71. The Morgan fingerprint density at radius 2 is 1.41 bits per heavy atom. The molecule has 0 aliphatic heterocycles. The number of halogens is 3. The molecular formula is C16H9F3O2S. The topological polar surface area (TPSA) is 34.1 Å². The van der Waals surface area contributed by atoms with Crippen molar-refractivity contribution in [2.45, 2.75) is 10.4 Å². The Kier molecular flexibility index (Phi) is 3.48. The fraction of sp³-hybridized carbons (Fsp3) is 0.0625. The fourth-order valence-electron chi connectivity index (χ4n) is 2.30. The van der Waals surface area contributed by atoms with Gasteiger partial charge in [-0.1, -0.05) is 42.5 Å². The maximum absolute atomic E-state index is 12.6. The molecule has 0 aromatic heterocycles. The van der Waals surface area contributed by atoms with Crippen LogP contribution in [0.4, 0.5) is 13.2 Å². The van der Waals surface area contributed by atoms with Gasteiger partial charge in [0.25, 0.3) is 0 Å². The lowest BCUT2D eigenvalue weighted by Gasteiger charge is -2.06. The Morgan fingerprint density at radius 1 is 0.818 bits per heavy atom. The first kappa shape index (κ1) is 14.7. The SMILES string of the molecule is O=c1c2ccccc2ccc2ccc([S@@](=O)C(F)(F)F)cc12. The maximum atomic E-state index is 12.6. The highest BCUT2D eigenvalue weighted by Crippen LogP contribution is 2.27. The molecule has 0 bridgehead atoms. The van der Waals surface area contributed by atoms with Gasteiger partial charge in [0.1, 0.15) is 0 Å². The van der Waals surface area contributed by atoms with Crippen LogP contribution in [-0.4, -0.2) is 9.72 Å². The van der Waals surface area contributed by atoms with E-state index in [2.05, 4.69) is 0 Å². The van der Waals surface area contributed by atoms with Gasteiger partial charge in [0.15, 0.2) is 16.2 Å². The van der Waals surface area contributed by atoms with Gasteiger partial charge in [-0.15, -0.1) is 0 Å². The summed E-state index contributed by atoms with van der Waals surface area (Å²) in [7, 11) is -3.15. The van der Waals surface area contributed by atoms with Crippen molar-refractivity contribution in [2.75, 3.05) is 0 Å². The van der Waals surface area contributed by atoms with Crippen molar-refractivity contribution in [3.05, 3.63) is 64.8 Å². The van der Waals surface area contributed by atoms with Gasteiger partial charge in [-0.3, -0.25) is 4.79 Å². The maximum Gasteiger partial charge on any atom is 0.475 e. The van der Waals surface area contributed by atoms with Crippen molar-refractivity contribution in [1.82, 2.24) is 0 Å². The van der Waals surface area contributed by atoms with E-state index >= 15 is 0 Å². The summed E-state index contributed by atoms with van der Waals surface area (Å²) in [6.45, 7) is 0. The van der Waals surface area contributed by atoms with Crippen LogP contribution in [-0.2, 0) is 10.8 Å². The van der Waals surface area contributed by atoms with Crippen molar-refractivity contribution in [2.24, 2.45) is 0 Å². The smallest absolute Gasteiger partial charge is 0.289 e. The standard InChI is InChI=1S/C16H9F3O2S/c17-16(18,19)22(21)12-8-7-11-6-5-10-3-1-2-4-13(10)15(20)14(11)9-12/h1-9H/t22-/m1/s1. The van der Waals surface area contributed by atoms with Crippen LogP contribution >= 0.6 is 0 Å². The molecule has 0 unspecified atom stereocenters. The predicted octanol–water partition coefficient (Wildman–Crippen LogP) is 3.98. The van der Waals surface area contributed by atoms with Crippen molar-refractivity contribution >= 4 is 32.3 Å². The van der Waals surface area contributed by atoms with E-state index in [1.54, 1.807) is 36.4 Å². The zero-order valence-electron chi connectivity index (χ0n) is 11.1. The second kappa shape index (κ2) is 5.21. The minimum absolute atomic E-state index is 0.122. The zero-order chi connectivity index (χ0) is 15.9. The fourth-order valence-corrected chi connectivity index (χ4v) is 2.98. The van der Waals surface area contributed by atoms with Gasteiger partial charge < -0.3 is 0 Å². The van der Waals surface area contributed by atoms with Crippen LogP contribution in [0.3, 0.4) is 0 Å². The molecule has 22 heavy (non-hydrogen) atoms. The van der Waals surface area contributed by atoms with Crippen molar-refractivity contribution < 1.29 is 17.4 Å². The van der Waals surface area contributed by atoms with Crippen LogP contribution in [0.1, 0.15) is 0 Å². The quantitative estimate of drug-likeness (QED) is 0.679. The van der Waals surface area contributed by atoms with E-state index in [1.807, 2.05) is 0 Å². The Labute approximate surface area is 125 Å². The van der Waals surface area contributed by atoms with E-state index in [1.165, 1.54) is 6.07 Å². The molecule has 0 saturated heterocycles. The highest BCUT2D eigenvalue weighted by molar-refractivity contribution is 7.86. The lowest BCUT2D eigenvalue weighted by molar-refractivity contribution is -0.0384. The Morgan fingerprint density at radius 3 is 2.09 bits per heavy atom. The van der Waals surface area contributed by atoms with Crippen LogP contribution in [0.2, 0.25) is 0 Å². The number of hydrogen-bond acceptors (Lipinski definition) is 2. The van der Waals surface area contributed by atoms with Crippen LogP contribution in [0.15, 0.2) is 64.3 Å². The number of rotatable bonds is 1. The molecule has 0 amide bonds. The van der Waals surface area contributed by atoms with E-state index in [-0.39, 0.29) is 10.8 Å². The van der Waals surface area contributed by atoms with Crippen LogP contribution in [0.5, 0.6) is 0 Å². The second-order valence-corrected chi connectivity index (χ2v) is 6.19. The molecule has 0 aliphatic carbocycles. The molecule has 0 saturated carbocycles. The summed E-state index contributed by atoms with van der Waals surface area (Å²) in [5.41, 5.74) is -5.23. The molecule has 0 heterocycles. The number of fused-ring (bicyclic) bond motifs is 2. The third-order valence-corrected chi connectivity index (χ3v) is 4.44. The van der Waals surface area contributed by atoms with Gasteiger partial charge >= 0.3 is 5.51 Å². The number of alkyl halides is 3. The number of hydrogen-bond donors (Lipinski definition) is 0. The molecule has 0 spiro atoms. The summed E-state index contributed by atoms with van der Waals surface area (Å²) in [5.74, 6) is 0. The number of benzene rings is 2. The molecule has 6 heteroatoms. The average Bonchev–Trinajstić information content (AvgIpc) is 2.63. The zero-order valence-corrected chi connectivity index (χ0v) is 11.9. The van der Waals surface area contributed by atoms with Crippen LogP contribution in [0.25, 0.3) is 21.5 Å². The van der Waals surface area contributed by atoms with E-state index in [4.69, 9.17) is 0 Å². The van der Waals surface area contributed by atoms with Gasteiger partial charge in [-0.05, 0) is 22.9 Å². The van der Waals surface area contributed by atoms with E-state index in [9.17, 15) is 22.2 Å². The minimum Gasteiger partial charge on any atom is -0.289 e. The Hall–Kier alpha value is -2.21. The van der Waals surface area contributed by atoms with Crippen LogP contribution < -0.4 is 5.43 Å². The molecule has 0 radical (unpaired) electrons. The van der Waals surface area contributed by atoms with Crippen molar-refractivity contribution in [3.63, 3.8) is 0 Å². The first-order valence-electron chi connectivity index (χ1n) is 6.32. The summed E-state index contributed by atoms with van der Waals surface area (Å²) < 4.78 is 49.2. The van der Waals surface area contributed by atoms with Crippen LogP contribution in [0, 0.1) is 0 Å². The first-order chi connectivity index (χ1) is 10.4. The van der Waals surface area contributed by atoms with Gasteiger partial charge in [-0.2, -0.15) is 13.2 Å². The predicted molar refractivity (Wildman–Crippen MR) is 80.2 cm³/mol. The van der Waals surface area contributed by atoms with E-state index in [0.717, 1.165) is 12.1 Å². The molecule has 3 aromatic carbocycles. The summed E-state index contributed by atoms with van der Waals surface area (Å²) in [6, 6.07) is 13.8. The molecule has 2 nitrogen and oxygen atoms in total. The summed E-state index contributed by atoms with van der Waals surface area (Å²) in [4.78, 5) is 12.1. The monoisotopic (exact) mass is 322 g/mol. The molecule has 0 aliphatic rings. The molecule has 112 valence electrons. The van der Waals surface area contributed by atoms with E-state index in [0.29, 0.717) is 16.2 Å². The molecule has 3 rings (SSSR count). The largest absolute Gasteiger partial charge is 0.475 e. The minimum atomic E-state index is -4.85. The van der Waals surface area contributed by atoms with Gasteiger partial charge in [-0.25, -0.2) is 4.21 Å². The van der Waals surface area contributed by atoms with Gasteiger partial charge in [0.05, 0.1) is 0 Å². The summed E-state index contributed by atoms with van der Waals surface area (Å²) >= 11 is 0.